The van der Waals surface area contributed by atoms with Gasteiger partial charge in [0.1, 0.15) is 16.9 Å². The minimum atomic E-state index is -3.47. The molecule has 37 heavy (non-hydrogen) atoms. The highest BCUT2D eigenvalue weighted by atomic mass is 32.2. The maximum absolute atomic E-state index is 12.7. The summed E-state index contributed by atoms with van der Waals surface area (Å²) in [4.78, 5) is 18.0. The highest BCUT2D eigenvalue weighted by Gasteiger charge is 2.52. The normalized spacial score (nSPS) is 26.4. The summed E-state index contributed by atoms with van der Waals surface area (Å²) in [5, 5.41) is 10.4. The van der Waals surface area contributed by atoms with Crippen molar-refractivity contribution in [3.63, 3.8) is 0 Å². The first kappa shape index (κ1) is 24.6. The van der Waals surface area contributed by atoms with E-state index in [1.54, 1.807) is 12.1 Å². The Morgan fingerprint density at radius 2 is 1.68 bits per heavy atom. The van der Waals surface area contributed by atoms with Gasteiger partial charge in [-0.25, -0.2) is 13.4 Å². The zero-order valence-electron chi connectivity index (χ0n) is 21.2. The van der Waals surface area contributed by atoms with Gasteiger partial charge in [-0.1, -0.05) is 36.4 Å². The van der Waals surface area contributed by atoms with E-state index >= 15 is 0 Å². The van der Waals surface area contributed by atoms with Crippen LogP contribution in [0.15, 0.2) is 53.4 Å². The van der Waals surface area contributed by atoms with Crippen molar-refractivity contribution in [3.8, 4) is 0 Å². The molecule has 0 saturated heterocycles. The maximum Gasteiger partial charge on any atom is 0.314 e. The fourth-order valence-corrected chi connectivity index (χ4v) is 6.80. The van der Waals surface area contributed by atoms with Gasteiger partial charge in [-0.05, 0) is 80.9 Å². The Bertz CT molecular complexity index is 1430. The van der Waals surface area contributed by atoms with Crippen molar-refractivity contribution in [2.75, 3.05) is 12.9 Å². The number of carboxylic acids is 1. The quantitative estimate of drug-likeness (QED) is 0.421. The van der Waals surface area contributed by atoms with Gasteiger partial charge in [0.05, 0.1) is 22.4 Å². The predicted octanol–water partition coefficient (Wildman–Crippen LogP) is 5.07. The number of aliphatic carboxylic acids is 1. The van der Waals surface area contributed by atoms with Crippen molar-refractivity contribution in [3.05, 3.63) is 59.9 Å². The van der Waals surface area contributed by atoms with Crippen molar-refractivity contribution in [1.82, 2.24) is 9.55 Å². The number of sulfone groups is 1. The zero-order valence-corrected chi connectivity index (χ0v) is 22.0. The smallest absolute Gasteiger partial charge is 0.314 e. The van der Waals surface area contributed by atoms with Gasteiger partial charge in [0, 0.05) is 12.8 Å². The monoisotopic (exact) mass is 522 g/mol. The molecular weight excluding hydrogens is 488 g/mol. The topological polar surface area (TPSA) is 98.5 Å². The molecule has 3 aliphatic carbocycles. The molecule has 8 heteroatoms. The molecule has 1 aromatic heterocycles. The van der Waals surface area contributed by atoms with Gasteiger partial charge < -0.3 is 14.4 Å². The Hall–Kier alpha value is -2.71. The number of hydrogen-bond acceptors (Lipinski definition) is 5. The second kappa shape index (κ2) is 8.95. The van der Waals surface area contributed by atoms with E-state index in [2.05, 4.69) is 4.57 Å². The van der Waals surface area contributed by atoms with Gasteiger partial charge in [-0.15, -0.1) is 0 Å². The van der Waals surface area contributed by atoms with Gasteiger partial charge in [0.25, 0.3) is 0 Å². The average Bonchev–Trinajstić information content (AvgIpc) is 3.82. The van der Waals surface area contributed by atoms with Gasteiger partial charge in [-0.2, -0.15) is 0 Å². The Kier molecular flexibility index (Phi) is 5.95. The van der Waals surface area contributed by atoms with E-state index in [0.29, 0.717) is 49.6 Å². The first-order chi connectivity index (χ1) is 17.7. The summed E-state index contributed by atoms with van der Waals surface area (Å²) in [7, 11) is -3.47. The Labute approximate surface area is 217 Å². The number of imidazole rings is 1. The molecule has 0 unspecified atom stereocenters. The minimum absolute atomic E-state index is 0.234. The lowest BCUT2D eigenvalue weighted by atomic mass is 9.65. The summed E-state index contributed by atoms with van der Waals surface area (Å²) in [6, 6.07) is 14.9. The molecule has 0 bridgehead atoms. The summed E-state index contributed by atoms with van der Waals surface area (Å²) in [5.41, 5.74) is 0.410. The number of benzene rings is 2. The summed E-state index contributed by atoms with van der Waals surface area (Å²) < 4.78 is 34.3. The van der Waals surface area contributed by atoms with Crippen molar-refractivity contribution in [2.45, 2.75) is 73.8 Å². The molecule has 2 aromatic carbocycles. The highest BCUT2D eigenvalue weighted by molar-refractivity contribution is 7.91. The molecule has 196 valence electrons. The number of ether oxygens (including phenoxy) is 1. The van der Waals surface area contributed by atoms with E-state index in [1.165, 1.54) is 6.26 Å². The van der Waals surface area contributed by atoms with Crippen molar-refractivity contribution in [2.24, 2.45) is 11.8 Å². The first-order valence-corrected chi connectivity index (χ1v) is 15.2. The van der Waals surface area contributed by atoms with E-state index in [0.717, 1.165) is 49.1 Å². The lowest BCUT2D eigenvalue weighted by Crippen LogP contribution is -2.47. The maximum atomic E-state index is 12.7. The molecule has 7 nitrogen and oxygen atoms in total. The van der Waals surface area contributed by atoms with Crippen LogP contribution in [0.5, 0.6) is 0 Å². The zero-order chi connectivity index (χ0) is 25.8. The number of fused-ring (bicyclic) bond motifs is 1. The second-order valence-corrected chi connectivity index (χ2v) is 13.4. The van der Waals surface area contributed by atoms with Crippen LogP contribution < -0.4 is 0 Å². The summed E-state index contributed by atoms with van der Waals surface area (Å²) in [6.45, 7) is 1.40. The lowest BCUT2D eigenvalue weighted by molar-refractivity contribution is -0.151. The van der Waals surface area contributed by atoms with Crippen LogP contribution >= 0.6 is 0 Å². The van der Waals surface area contributed by atoms with Gasteiger partial charge in [0.15, 0.2) is 9.84 Å². The van der Waals surface area contributed by atoms with E-state index in [9.17, 15) is 18.3 Å². The summed E-state index contributed by atoms with van der Waals surface area (Å²) in [6.07, 6.45) is 7.72. The number of carbonyl (C=O) groups is 1. The summed E-state index contributed by atoms with van der Waals surface area (Å²) >= 11 is 0. The van der Waals surface area contributed by atoms with Crippen LogP contribution in [0.2, 0.25) is 0 Å². The standard InChI is InChI=1S/C29H34N2O5S/c1-37(34,35)24-9-5-8-23-25(24)30-26(31(23)18-20-10-11-20)29(36-19-21-12-13-21)16-14-28(15-17-29,27(32)33)22-6-3-2-4-7-22/h2-9,20-21H,10-19H2,1H3,(H,32,33)/t28-,29-. The number of rotatable bonds is 9. The Balaban J connectivity index is 1.47. The van der Waals surface area contributed by atoms with Gasteiger partial charge >= 0.3 is 5.97 Å². The van der Waals surface area contributed by atoms with Crippen LogP contribution in [-0.2, 0) is 36.9 Å². The van der Waals surface area contributed by atoms with E-state index in [4.69, 9.17) is 9.72 Å². The molecule has 1 heterocycles. The van der Waals surface area contributed by atoms with Crippen molar-refractivity contribution in [1.29, 1.82) is 0 Å². The fraction of sp³-hybridized carbons (Fsp3) is 0.517. The molecule has 0 amide bonds. The lowest BCUT2D eigenvalue weighted by Gasteiger charge is -2.44. The molecule has 0 radical (unpaired) electrons. The summed E-state index contributed by atoms with van der Waals surface area (Å²) in [5.74, 6) is 1.04. The molecule has 6 rings (SSSR count). The Morgan fingerprint density at radius 1 is 1.00 bits per heavy atom. The largest absolute Gasteiger partial charge is 0.481 e. The Morgan fingerprint density at radius 3 is 2.27 bits per heavy atom. The molecule has 0 aliphatic heterocycles. The molecule has 1 N–H and O–H groups in total. The van der Waals surface area contributed by atoms with Crippen LogP contribution in [0.1, 0.15) is 62.8 Å². The van der Waals surface area contributed by atoms with E-state index in [1.807, 2.05) is 36.4 Å². The molecule has 0 spiro atoms. The van der Waals surface area contributed by atoms with Crippen LogP contribution in [0.25, 0.3) is 11.0 Å². The van der Waals surface area contributed by atoms with Crippen molar-refractivity contribution < 1.29 is 23.1 Å². The number of hydrogen-bond donors (Lipinski definition) is 1. The van der Waals surface area contributed by atoms with E-state index in [-0.39, 0.29) is 4.90 Å². The third-order valence-corrected chi connectivity index (χ3v) is 9.75. The molecule has 3 fully saturated rings. The average molecular weight is 523 g/mol. The second-order valence-electron chi connectivity index (χ2n) is 11.4. The number of nitrogens with zero attached hydrogens (tertiary/aromatic N) is 2. The van der Waals surface area contributed by atoms with Gasteiger partial charge in [0.2, 0.25) is 0 Å². The SMILES string of the molecule is CS(=O)(=O)c1cccc2c1nc([C@]1(OCC3CC3)CC[C@@](C(=O)O)(c3ccccc3)CC1)n2CC1CC1. The third-order valence-electron chi connectivity index (χ3n) is 8.63. The highest BCUT2D eigenvalue weighted by Crippen LogP contribution is 2.51. The van der Waals surface area contributed by atoms with Crippen LogP contribution in [0.3, 0.4) is 0 Å². The molecular formula is C29H34N2O5S. The first-order valence-electron chi connectivity index (χ1n) is 13.3. The number of aromatic nitrogens is 2. The number of carboxylic acid groups (broad SMARTS) is 1. The van der Waals surface area contributed by atoms with Crippen LogP contribution in [0, 0.1) is 11.8 Å². The molecule has 3 aromatic rings. The molecule has 0 atom stereocenters. The minimum Gasteiger partial charge on any atom is -0.481 e. The van der Waals surface area contributed by atoms with E-state index < -0.39 is 26.8 Å². The predicted molar refractivity (Wildman–Crippen MR) is 140 cm³/mol. The molecule has 3 saturated carbocycles. The van der Waals surface area contributed by atoms with Crippen LogP contribution in [-0.4, -0.2) is 41.9 Å². The van der Waals surface area contributed by atoms with Gasteiger partial charge in [-0.3, -0.25) is 4.79 Å². The third kappa shape index (κ3) is 4.48. The molecule has 3 aliphatic rings. The fourth-order valence-electron chi connectivity index (χ4n) is 5.97. The van der Waals surface area contributed by atoms with Crippen molar-refractivity contribution >= 4 is 26.8 Å². The number of para-hydroxylation sites is 1. The van der Waals surface area contributed by atoms with Crippen LogP contribution in [0.4, 0.5) is 0 Å².